The number of benzene rings is 1. The summed E-state index contributed by atoms with van der Waals surface area (Å²) in [5.41, 5.74) is 2.02. The second-order valence-corrected chi connectivity index (χ2v) is 6.98. The molecule has 1 aromatic rings. The lowest BCUT2D eigenvalue weighted by atomic mass is 10.0. The highest BCUT2D eigenvalue weighted by Gasteiger charge is 2.26. The van der Waals surface area contributed by atoms with Crippen molar-refractivity contribution < 1.29 is 9.47 Å². The van der Waals surface area contributed by atoms with E-state index in [4.69, 9.17) is 19.5 Å². The van der Waals surface area contributed by atoms with Gasteiger partial charge >= 0.3 is 0 Å². The van der Waals surface area contributed by atoms with Crippen LogP contribution in [0.1, 0.15) is 51.7 Å². The molecular formula is C20H28N2O2. The molecule has 2 aliphatic rings. The molecule has 0 spiro atoms. The van der Waals surface area contributed by atoms with Crippen molar-refractivity contribution >= 4 is 11.8 Å². The molecule has 1 aromatic carbocycles. The number of rotatable bonds is 6. The van der Waals surface area contributed by atoms with Gasteiger partial charge in [0.1, 0.15) is 13.2 Å². The normalized spacial score (nSPS) is 25.5. The fourth-order valence-corrected chi connectivity index (χ4v) is 3.01. The summed E-state index contributed by atoms with van der Waals surface area (Å²) in [4.78, 5) is 9.53. The number of hydrogen-bond donors (Lipinski definition) is 0. The Balaban J connectivity index is 1.78. The van der Waals surface area contributed by atoms with Gasteiger partial charge in [-0.15, -0.1) is 0 Å². The first-order valence-corrected chi connectivity index (χ1v) is 9.14. The molecule has 0 amide bonds. The summed E-state index contributed by atoms with van der Waals surface area (Å²) in [7, 11) is 0. The maximum Gasteiger partial charge on any atom is 0.216 e. The van der Waals surface area contributed by atoms with E-state index >= 15 is 0 Å². The van der Waals surface area contributed by atoms with Gasteiger partial charge in [0.15, 0.2) is 0 Å². The number of hydrogen-bond acceptors (Lipinski definition) is 4. The first-order chi connectivity index (χ1) is 11.6. The summed E-state index contributed by atoms with van der Waals surface area (Å²) in [6, 6.07) is 8.73. The Hall–Kier alpha value is -1.84. The lowest BCUT2D eigenvalue weighted by Crippen LogP contribution is -2.16. The first-order valence-electron chi connectivity index (χ1n) is 9.14. The molecule has 0 fully saturated rings. The average Bonchev–Trinajstić information content (AvgIpc) is 3.30. The van der Waals surface area contributed by atoms with Crippen LogP contribution in [0, 0.1) is 11.8 Å². The average molecular weight is 328 g/mol. The van der Waals surface area contributed by atoms with Crippen molar-refractivity contribution in [3.63, 3.8) is 0 Å². The van der Waals surface area contributed by atoms with E-state index in [1.54, 1.807) is 0 Å². The molecule has 0 bridgehead atoms. The summed E-state index contributed by atoms with van der Waals surface area (Å²) >= 11 is 0. The van der Waals surface area contributed by atoms with Gasteiger partial charge in [-0.1, -0.05) is 46.6 Å². The molecule has 0 radical (unpaired) electrons. The molecule has 24 heavy (non-hydrogen) atoms. The van der Waals surface area contributed by atoms with Gasteiger partial charge in [0.05, 0.1) is 12.1 Å². The summed E-state index contributed by atoms with van der Waals surface area (Å²) in [6.07, 6.45) is 2.24. The van der Waals surface area contributed by atoms with Crippen LogP contribution in [0.25, 0.3) is 0 Å². The third kappa shape index (κ3) is 3.47. The van der Waals surface area contributed by atoms with E-state index in [1.165, 1.54) is 0 Å². The van der Waals surface area contributed by atoms with Crippen molar-refractivity contribution in [2.24, 2.45) is 21.8 Å². The third-order valence-corrected chi connectivity index (χ3v) is 5.31. The number of aliphatic imine (C=N–C) groups is 2. The Labute approximate surface area is 145 Å². The lowest BCUT2D eigenvalue weighted by Gasteiger charge is -2.11. The van der Waals surface area contributed by atoms with E-state index in [1.807, 2.05) is 18.2 Å². The van der Waals surface area contributed by atoms with Gasteiger partial charge in [-0.3, -0.25) is 0 Å². The zero-order valence-electron chi connectivity index (χ0n) is 15.2. The molecule has 4 heteroatoms. The molecule has 130 valence electrons. The van der Waals surface area contributed by atoms with E-state index in [9.17, 15) is 0 Å². The predicted molar refractivity (Wildman–Crippen MR) is 97.9 cm³/mol. The fourth-order valence-electron chi connectivity index (χ4n) is 3.01. The van der Waals surface area contributed by atoms with Crippen LogP contribution in [0.3, 0.4) is 0 Å². The zero-order chi connectivity index (χ0) is 17.1. The minimum Gasteiger partial charge on any atom is -0.475 e. The third-order valence-electron chi connectivity index (χ3n) is 5.31. The molecule has 4 atom stereocenters. The second kappa shape index (κ2) is 7.37. The van der Waals surface area contributed by atoms with Gasteiger partial charge in [-0.05, 0) is 30.0 Å². The molecule has 2 heterocycles. The van der Waals surface area contributed by atoms with Gasteiger partial charge < -0.3 is 9.47 Å². The Bertz CT molecular complexity index is 587. The SMILES string of the molecule is CCC(C)C1COC(c2cccc(C3=NC(C(C)CC)CO3)c2)=N1. The molecule has 2 aliphatic heterocycles. The summed E-state index contributed by atoms with van der Waals surface area (Å²) in [5, 5.41) is 0. The fraction of sp³-hybridized carbons (Fsp3) is 0.600. The first kappa shape index (κ1) is 17.0. The van der Waals surface area contributed by atoms with Crippen LogP contribution in [0.15, 0.2) is 34.3 Å². The largest absolute Gasteiger partial charge is 0.475 e. The van der Waals surface area contributed by atoms with Crippen LogP contribution >= 0.6 is 0 Å². The summed E-state index contributed by atoms with van der Waals surface area (Å²) < 4.78 is 11.7. The van der Waals surface area contributed by atoms with Crippen molar-refractivity contribution in [2.45, 2.75) is 52.6 Å². The van der Waals surface area contributed by atoms with Crippen LogP contribution in [0.5, 0.6) is 0 Å². The van der Waals surface area contributed by atoms with Gasteiger partial charge in [0, 0.05) is 11.1 Å². The maximum absolute atomic E-state index is 5.84. The van der Waals surface area contributed by atoms with E-state index in [0.717, 1.165) is 35.8 Å². The molecule has 0 aliphatic carbocycles. The number of ether oxygens (including phenoxy) is 2. The van der Waals surface area contributed by atoms with Gasteiger partial charge in [-0.2, -0.15) is 0 Å². The molecule has 0 N–H and O–H groups in total. The van der Waals surface area contributed by atoms with Crippen LogP contribution < -0.4 is 0 Å². The molecule has 0 saturated carbocycles. The quantitative estimate of drug-likeness (QED) is 0.790. The van der Waals surface area contributed by atoms with E-state index < -0.39 is 0 Å². The van der Waals surface area contributed by atoms with Crippen LogP contribution in [0.2, 0.25) is 0 Å². The Morgan fingerprint density at radius 3 is 1.79 bits per heavy atom. The minimum atomic E-state index is 0.267. The molecule has 4 nitrogen and oxygen atoms in total. The zero-order valence-corrected chi connectivity index (χ0v) is 15.2. The van der Waals surface area contributed by atoms with Crippen molar-refractivity contribution in [2.75, 3.05) is 13.2 Å². The molecule has 0 aromatic heterocycles. The van der Waals surface area contributed by atoms with Crippen LogP contribution in [-0.2, 0) is 9.47 Å². The standard InChI is InChI=1S/C20H28N2O2/c1-5-13(3)17-11-23-19(21-17)15-8-7-9-16(10-15)20-22-18(12-24-20)14(4)6-2/h7-10,13-14,17-18H,5-6,11-12H2,1-4H3. The van der Waals surface area contributed by atoms with Crippen molar-refractivity contribution in [3.05, 3.63) is 35.4 Å². The van der Waals surface area contributed by atoms with Crippen molar-refractivity contribution in [3.8, 4) is 0 Å². The van der Waals surface area contributed by atoms with Gasteiger partial charge in [-0.25, -0.2) is 9.98 Å². The highest BCUT2D eigenvalue weighted by Crippen LogP contribution is 2.23. The predicted octanol–water partition coefficient (Wildman–Crippen LogP) is 4.07. The topological polar surface area (TPSA) is 43.2 Å². The Morgan fingerprint density at radius 2 is 1.38 bits per heavy atom. The highest BCUT2D eigenvalue weighted by molar-refractivity contribution is 6.00. The second-order valence-electron chi connectivity index (χ2n) is 6.98. The highest BCUT2D eigenvalue weighted by atomic mass is 16.5. The van der Waals surface area contributed by atoms with Crippen molar-refractivity contribution in [1.82, 2.24) is 0 Å². The summed E-state index contributed by atoms with van der Waals surface area (Å²) in [5.74, 6) is 2.59. The maximum atomic E-state index is 5.84. The monoisotopic (exact) mass is 328 g/mol. The van der Waals surface area contributed by atoms with Gasteiger partial charge in [0.2, 0.25) is 11.8 Å². The van der Waals surface area contributed by atoms with E-state index in [-0.39, 0.29) is 12.1 Å². The number of nitrogens with zero attached hydrogens (tertiary/aromatic N) is 2. The smallest absolute Gasteiger partial charge is 0.216 e. The van der Waals surface area contributed by atoms with Crippen LogP contribution in [-0.4, -0.2) is 37.1 Å². The van der Waals surface area contributed by atoms with Crippen molar-refractivity contribution in [1.29, 1.82) is 0 Å². The molecule has 4 unspecified atom stereocenters. The Kier molecular flexibility index (Phi) is 5.22. The molecular weight excluding hydrogens is 300 g/mol. The Morgan fingerprint density at radius 1 is 0.917 bits per heavy atom. The van der Waals surface area contributed by atoms with E-state index in [0.29, 0.717) is 25.0 Å². The van der Waals surface area contributed by atoms with Gasteiger partial charge in [0.25, 0.3) is 0 Å². The van der Waals surface area contributed by atoms with Crippen LogP contribution in [0.4, 0.5) is 0 Å². The minimum absolute atomic E-state index is 0.267. The lowest BCUT2D eigenvalue weighted by molar-refractivity contribution is 0.282. The molecule has 3 rings (SSSR count). The van der Waals surface area contributed by atoms with E-state index in [2.05, 4.69) is 33.8 Å². The molecule has 0 saturated heterocycles. The summed E-state index contributed by atoms with van der Waals surface area (Å²) in [6.45, 7) is 10.2.